The summed E-state index contributed by atoms with van der Waals surface area (Å²) in [7, 11) is 0. The predicted molar refractivity (Wildman–Crippen MR) is 99.1 cm³/mol. The van der Waals surface area contributed by atoms with E-state index in [1.54, 1.807) is 22.7 Å². The largest absolute Gasteiger partial charge is 0.494 e. The molecule has 0 N–H and O–H groups in total. The van der Waals surface area contributed by atoms with Crippen LogP contribution in [0.15, 0.2) is 51.7 Å². The zero-order valence-electron chi connectivity index (χ0n) is 13.5. The van der Waals surface area contributed by atoms with Gasteiger partial charge in [-0.25, -0.2) is 4.98 Å². The summed E-state index contributed by atoms with van der Waals surface area (Å²) in [6.45, 7) is 2.64. The van der Waals surface area contributed by atoms with Gasteiger partial charge in [-0.05, 0) is 42.6 Å². The Hall–Kier alpha value is -2.51. The highest BCUT2D eigenvalue weighted by Gasteiger charge is 2.12. The highest BCUT2D eigenvalue weighted by molar-refractivity contribution is 7.13. The number of ether oxygens (including phenoxy) is 1. The molecule has 0 aliphatic rings. The van der Waals surface area contributed by atoms with E-state index in [0.717, 1.165) is 26.9 Å². The number of benzene rings is 1. The molecule has 0 radical (unpaired) electrons. The molecule has 0 aliphatic heterocycles. The first-order chi connectivity index (χ1) is 12.3. The lowest BCUT2D eigenvalue weighted by Gasteiger charge is -2.03. The Morgan fingerprint density at radius 2 is 1.96 bits per heavy atom. The maximum absolute atomic E-state index is 5.47. The van der Waals surface area contributed by atoms with Crippen LogP contribution in [0.1, 0.15) is 17.8 Å². The topological polar surface area (TPSA) is 61.0 Å². The van der Waals surface area contributed by atoms with Gasteiger partial charge in [0.15, 0.2) is 0 Å². The summed E-state index contributed by atoms with van der Waals surface area (Å²) in [5.74, 6) is 2.08. The van der Waals surface area contributed by atoms with E-state index >= 15 is 0 Å². The van der Waals surface area contributed by atoms with Crippen LogP contribution in [0.4, 0.5) is 0 Å². The fourth-order valence-corrected chi connectivity index (χ4v) is 3.82. The number of rotatable bonds is 6. The number of hydrogen-bond acceptors (Lipinski definition) is 7. The molecule has 0 aliphatic carbocycles. The van der Waals surface area contributed by atoms with Crippen molar-refractivity contribution >= 4 is 22.7 Å². The molecule has 0 spiro atoms. The van der Waals surface area contributed by atoms with Crippen LogP contribution < -0.4 is 4.74 Å². The van der Waals surface area contributed by atoms with E-state index in [2.05, 4.69) is 15.1 Å². The fraction of sp³-hybridized carbons (Fsp3) is 0.167. The molecule has 4 aromatic rings. The van der Waals surface area contributed by atoms with Crippen molar-refractivity contribution in [3.8, 4) is 27.7 Å². The van der Waals surface area contributed by atoms with Gasteiger partial charge in [0.25, 0.3) is 0 Å². The lowest BCUT2D eigenvalue weighted by atomic mass is 10.2. The molecule has 1 aromatic carbocycles. The molecule has 0 fully saturated rings. The molecule has 0 atom stereocenters. The Kier molecular flexibility index (Phi) is 4.58. The third-order valence-electron chi connectivity index (χ3n) is 3.52. The number of nitrogens with zero attached hydrogens (tertiary/aromatic N) is 3. The Labute approximate surface area is 152 Å². The first-order valence-corrected chi connectivity index (χ1v) is 9.62. The zero-order valence-corrected chi connectivity index (χ0v) is 15.1. The molecule has 126 valence electrons. The highest BCUT2D eigenvalue weighted by atomic mass is 32.1. The second-order valence-corrected chi connectivity index (χ2v) is 7.14. The van der Waals surface area contributed by atoms with Crippen LogP contribution in [0, 0.1) is 0 Å². The predicted octanol–water partition coefficient (Wildman–Crippen LogP) is 4.91. The summed E-state index contributed by atoms with van der Waals surface area (Å²) < 4.78 is 10.8. The van der Waals surface area contributed by atoms with Gasteiger partial charge in [-0.2, -0.15) is 4.98 Å². The highest BCUT2D eigenvalue weighted by Crippen LogP contribution is 2.26. The Morgan fingerprint density at radius 3 is 2.72 bits per heavy atom. The molecule has 3 heterocycles. The molecule has 0 saturated heterocycles. The molecule has 5 nitrogen and oxygen atoms in total. The van der Waals surface area contributed by atoms with E-state index in [4.69, 9.17) is 9.26 Å². The minimum absolute atomic E-state index is 0.542. The number of hydrogen-bond donors (Lipinski definition) is 0. The van der Waals surface area contributed by atoms with E-state index in [0.29, 0.717) is 24.7 Å². The lowest BCUT2D eigenvalue weighted by molar-refractivity contribution is 0.340. The number of thiophene rings is 1. The summed E-state index contributed by atoms with van der Waals surface area (Å²) in [5, 5.41) is 9.02. The summed E-state index contributed by atoms with van der Waals surface area (Å²) in [6, 6.07) is 11.9. The van der Waals surface area contributed by atoms with E-state index in [-0.39, 0.29) is 0 Å². The van der Waals surface area contributed by atoms with Gasteiger partial charge in [0.1, 0.15) is 10.8 Å². The van der Waals surface area contributed by atoms with Gasteiger partial charge in [0, 0.05) is 10.9 Å². The van der Waals surface area contributed by atoms with Crippen LogP contribution in [-0.4, -0.2) is 21.7 Å². The van der Waals surface area contributed by atoms with E-state index in [1.165, 1.54) is 0 Å². The van der Waals surface area contributed by atoms with Crippen LogP contribution >= 0.6 is 22.7 Å². The van der Waals surface area contributed by atoms with Crippen LogP contribution in [0.2, 0.25) is 0 Å². The van der Waals surface area contributed by atoms with Crippen molar-refractivity contribution in [2.45, 2.75) is 13.3 Å². The minimum atomic E-state index is 0.542. The van der Waals surface area contributed by atoms with Crippen molar-refractivity contribution in [1.29, 1.82) is 0 Å². The van der Waals surface area contributed by atoms with Crippen molar-refractivity contribution in [2.75, 3.05) is 6.61 Å². The summed E-state index contributed by atoms with van der Waals surface area (Å²) >= 11 is 3.19. The quantitative estimate of drug-likeness (QED) is 0.483. The van der Waals surface area contributed by atoms with Crippen molar-refractivity contribution in [3.05, 3.63) is 58.1 Å². The number of thiazole rings is 1. The molecule has 4 rings (SSSR count). The van der Waals surface area contributed by atoms with Crippen molar-refractivity contribution in [2.24, 2.45) is 0 Å². The zero-order chi connectivity index (χ0) is 17.1. The lowest BCUT2D eigenvalue weighted by Crippen LogP contribution is -1.91. The normalized spacial score (nSPS) is 10.9. The third kappa shape index (κ3) is 3.62. The molecule has 0 bridgehead atoms. The summed E-state index contributed by atoms with van der Waals surface area (Å²) in [6.07, 6.45) is 0.542. The van der Waals surface area contributed by atoms with Gasteiger partial charge in [-0.3, -0.25) is 0 Å². The van der Waals surface area contributed by atoms with Crippen LogP contribution in [-0.2, 0) is 6.42 Å². The van der Waals surface area contributed by atoms with Gasteiger partial charge >= 0.3 is 0 Å². The average molecular weight is 369 g/mol. The fourth-order valence-electron chi connectivity index (χ4n) is 2.38. The van der Waals surface area contributed by atoms with Crippen molar-refractivity contribution < 1.29 is 9.26 Å². The molecule has 7 heteroatoms. The molecule has 0 unspecified atom stereocenters. The smallest absolute Gasteiger partial charge is 0.233 e. The van der Waals surface area contributed by atoms with Crippen molar-refractivity contribution in [3.63, 3.8) is 0 Å². The standard InChI is InChI=1S/C18H15N3O2S2/c1-2-22-13-7-5-12(6-8-13)14-11-25-17(19-14)10-16-20-18(21-23-16)15-4-3-9-24-15/h3-9,11H,2,10H2,1H3. The molecular formula is C18H15N3O2S2. The molecule has 25 heavy (non-hydrogen) atoms. The van der Waals surface area contributed by atoms with Crippen LogP contribution in [0.3, 0.4) is 0 Å². The summed E-state index contributed by atoms with van der Waals surface area (Å²) in [5.41, 5.74) is 2.01. The van der Waals surface area contributed by atoms with Crippen LogP contribution in [0.25, 0.3) is 22.0 Å². The molecule has 0 saturated carbocycles. The molecule has 0 amide bonds. The minimum Gasteiger partial charge on any atom is -0.494 e. The van der Waals surface area contributed by atoms with Gasteiger partial charge in [-0.1, -0.05) is 11.2 Å². The first-order valence-electron chi connectivity index (χ1n) is 7.86. The van der Waals surface area contributed by atoms with Gasteiger partial charge in [0.05, 0.1) is 23.6 Å². The average Bonchev–Trinajstić information content (AvgIpc) is 3.38. The van der Waals surface area contributed by atoms with E-state index in [9.17, 15) is 0 Å². The summed E-state index contributed by atoms with van der Waals surface area (Å²) in [4.78, 5) is 10.1. The van der Waals surface area contributed by atoms with Gasteiger partial charge in [-0.15, -0.1) is 22.7 Å². The van der Waals surface area contributed by atoms with E-state index in [1.807, 2.05) is 54.1 Å². The molecule has 3 aromatic heterocycles. The molecular weight excluding hydrogens is 354 g/mol. The van der Waals surface area contributed by atoms with Crippen molar-refractivity contribution in [1.82, 2.24) is 15.1 Å². The number of aromatic nitrogens is 3. The SMILES string of the molecule is CCOc1ccc(-c2csc(Cc3nc(-c4cccs4)no3)n2)cc1. The maximum atomic E-state index is 5.47. The van der Waals surface area contributed by atoms with Crippen LogP contribution in [0.5, 0.6) is 5.75 Å². The second-order valence-electron chi connectivity index (χ2n) is 5.25. The maximum Gasteiger partial charge on any atom is 0.233 e. The van der Waals surface area contributed by atoms with E-state index < -0.39 is 0 Å². The monoisotopic (exact) mass is 369 g/mol. The Balaban J connectivity index is 1.48. The second kappa shape index (κ2) is 7.16. The Morgan fingerprint density at radius 1 is 1.08 bits per heavy atom. The van der Waals surface area contributed by atoms with Gasteiger partial charge < -0.3 is 9.26 Å². The third-order valence-corrected chi connectivity index (χ3v) is 5.24. The first kappa shape index (κ1) is 16.0. The Bertz CT molecular complexity index is 943. The van der Waals surface area contributed by atoms with Gasteiger partial charge in [0.2, 0.25) is 11.7 Å².